The first kappa shape index (κ1) is 13.1. The van der Waals surface area contributed by atoms with Crippen LogP contribution in [0.5, 0.6) is 0 Å². The first-order valence-corrected chi connectivity index (χ1v) is 7.29. The molecule has 2 aliphatic carbocycles. The molecule has 0 bridgehead atoms. The van der Waals surface area contributed by atoms with Crippen molar-refractivity contribution in [1.82, 2.24) is 4.90 Å². The maximum atomic E-state index is 10.4. The highest BCUT2D eigenvalue weighted by atomic mass is 16.5. The first-order chi connectivity index (χ1) is 9.25. The Labute approximate surface area is 115 Å². The number of hydrogen-bond donors (Lipinski definition) is 1. The third-order valence-corrected chi connectivity index (χ3v) is 4.37. The molecule has 1 fully saturated rings. The fourth-order valence-electron chi connectivity index (χ4n) is 2.86. The Morgan fingerprint density at radius 1 is 1.32 bits per heavy atom. The number of aliphatic hydroxyl groups is 1. The number of aliphatic hydroxyl groups excluding tert-OH is 1. The summed E-state index contributed by atoms with van der Waals surface area (Å²) in [5.74, 6) is 0.826. The molecule has 0 radical (unpaired) electrons. The summed E-state index contributed by atoms with van der Waals surface area (Å²) in [7, 11) is 2.08. The molecular formula is C16H23NO2. The van der Waals surface area contributed by atoms with Gasteiger partial charge in [-0.15, -0.1) is 0 Å². The van der Waals surface area contributed by atoms with E-state index in [1.54, 1.807) is 0 Å². The lowest BCUT2D eigenvalue weighted by Crippen LogP contribution is -2.37. The monoisotopic (exact) mass is 261 g/mol. The fourth-order valence-corrected chi connectivity index (χ4v) is 2.86. The van der Waals surface area contributed by atoms with Crippen LogP contribution in [-0.2, 0) is 11.2 Å². The molecule has 104 valence electrons. The molecule has 1 aromatic carbocycles. The van der Waals surface area contributed by atoms with Gasteiger partial charge in [0.1, 0.15) is 0 Å². The Morgan fingerprint density at radius 2 is 2.11 bits per heavy atom. The van der Waals surface area contributed by atoms with Crippen LogP contribution in [0.15, 0.2) is 24.3 Å². The third kappa shape index (κ3) is 2.99. The second-order valence-corrected chi connectivity index (χ2v) is 5.91. The lowest BCUT2D eigenvalue weighted by molar-refractivity contribution is 0.0465. The standard InChI is InChI=1S/C16H23NO2/c1-17(8-9-19-11-12-6-7-12)15-10-13-4-2-3-5-14(13)16(15)18/h2-5,12,15-16,18H,6-11H2,1H3. The lowest BCUT2D eigenvalue weighted by Gasteiger charge is -2.27. The molecular weight excluding hydrogens is 238 g/mol. The molecule has 1 N–H and O–H groups in total. The van der Waals surface area contributed by atoms with Crippen molar-refractivity contribution in [3.8, 4) is 0 Å². The van der Waals surface area contributed by atoms with Gasteiger partial charge in [0.2, 0.25) is 0 Å². The van der Waals surface area contributed by atoms with Gasteiger partial charge in [-0.1, -0.05) is 24.3 Å². The summed E-state index contributed by atoms with van der Waals surface area (Å²) in [6.07, 6.45) is 3.26. The molecule has 3 heteroatoms. The normalized spacial score (nSPS) is 25.8. The van der Waals surface area contributed by atoms with E-state index in [0.717, 1.165) is 37.7 Å². The summed E-state index contributed by atoms with van der Waals surface area (Å²) in [4.78, 5) is 2.23. The molecule has 0 heterocycles. The van der Waals surface area contributed by atoms with Crippen LogP contribution in [0.2, 0.25) is 0 Å². The van der Waals surface area contributed by atoms with Gasteiger partial charge >= 0.3 is 0 Å². The Morgan fingerprint density at radius 3 is 2.84 bits per heavy atom. The molecule has 2 atom stereocenters. The number of fused-ring (bicyclic) bond motifs is 1. The minimum atomic E-state index is -0.357. The number of hydrogen-bond acceptors (Lipinski definition) is 3. The molecule has 0 spiro atoms. The van der Waals surface area contributed by atoms with E-state index >= 15 is 0 Å². The average Bonchev–Trinajstić information content (AvgIpc) is 3.19. The van der Waals surface area contributed by atoms with Gasteiger partial charge in [-0.25, -0.2) is 0 Å². The van der Waals surface area contributed by atoms with Crippen LogP contribution < -0.4 is 0 Å². The number of nitrogens with zero attached hydrogens (tertiary/aromatic N) is 1. The number of ether oxygens (including phenoxy) is 1. The largest absolute Gasteiger partial charge is 0.387 e. The molecule has 1 saturated carbocycles. The van der Waals surface area contributed by atoms with E-state index in [0.29, 0.717) is 0 Å². The SMILES string of the molecule is CN(CCOCC1CC1)C1Cc2ccccc2C1O. The van der Waals surface area contributed by atoms with Crippen LogP contribution in [0.1, 0.15) is 30.1 Å². The highest BCUT2D eigenvalue weighted by Gasteiger charge is 2.33. The van der Waals surface area contributed by atoms with Crippen molar-refractivity contribution in [1.29, 1.82) is 0 Å². The van der Waals surface area contributed by atoms with Crippen molar-refractivity contribution >= 4 is 0 Å². The van der Waals surface area contributed by atoms with Gasteiger partial charge < -0.3 is 9.84 Å². The quantitative estimate of drug-likeness (QED) is 0.795. The summed E-state index contributed by atoms with van der Waals surface area (Å²) in [5, 5.41) is 10.4. The van der Waals surface area contributed by atoms with Crippen LogP contribution >= 0.6 is 0 Å². The minimum Gasteiger partial charge on any atom is -0.387 e. The van der Waals surface area contributed by atoms with E-state index in [1.165, 1.54) is 18.4 Å². The predicted molar refractivity (Wildman–Crippen MR) is 75.1 cm³/mol. The van der Waals surface area contributed by atoms with Crippen LogP contribution in [0.3, 0.4) is 0 Å². The molecule has 0 saturated heterocycles. The van der Waals surface area contributed by atoms with E-state index < -0.39 is 0 Å². The zero-order chi connectivity index (χ0) is 13.2. The van der Waals surface area contributed by atoms with Crippen LogP contribution in [0, 0.1) is 5.92 Å². The summed E-state index contributed by atoms with van der Waals surface area (Å²) < 4.78 is 5.68. The van der Waals surface area contributed by atoms with Crippen LogP contribution in [0.4, 0.5) is 0 Å². The fraction of sp³-hybridized carbons (Fsp3) is 0.625. The second-order valence-electron chi connectivity index (χ2n) is 5.91. The van der Waals surface area contributed by atoms with Crippen molar-refractivity contribution in [2.75, 3.05) is 26.8 Å². The van der Waals surface area contributed by atoms with Gasteiger partial charge in [0, 0.05) is 19.2 Å². The first-order valence-electron chi connectivity index (χ1n) is 7.29. The maximum absolute atomic E-state index is 10.4. The second kappa shape index (κ2) is 5.61. The number of benzene rings is 1. The van der Waals surface area contributed by atoms with Gasteiger partial charge in [-0.2, -0.15) is 0 Å². The third-order valence-electron chi connectivity index (χ3n) is 4.37. The zero-order valence-corrected chi connectivity index (χ0v) is 11.6. The van der Waals surface area contributed by atoms with Gasteiger partial charge in [0.25, 0.3) is 0 Å². The molecule has 3 rings (SSSR count). The van der Waals surface area contributed by atoms with Crippen LogP contribution in [0.25, 0.3) is 0 Å². The van der Waals surface area contributed by atoms with Gasteiger partial charge in [-0.05, 0) is 43.4 Å². The number of likely N-dealkylation sites (N-methyl/N-ethyl adjacent to an activating group) is 1. The Balaban J connectivity index is 1.49. The molecule has 0 aliphatic heterocycles. The summed E-state index contributed by atoms with van der Waals surface area (Å²) in [6.45, 7) is 2.58. The topological polar surface area (TPSA) is 32.7 Å². The summed E-state index contributed by atoms with van der Waals surface area (Å²) >= 11 is 0. The van der Waals surface area contributed by atoms with Crippen molar-refractivity contribution in [3.63, 3.8) is 0 Å². The maximum Gasteiger partial charge on any atom is 0.0950 e. The van der Waals surface area contributed by atoms with E-state index in [2.05, 4.69) is 18.0 Å². The Hall–Kier alpha value is -0.900. The molecule has 2 unspecified atom stereocenters. The van der Waals surface area contributed by atoms with Gasteiger partial charge in [0.15, 0.2) is 0 Å². The van der Waals surface area contributed by atoms with E-state index in [4.69, 9.17) is 4.74 Å². The lowest BCUT2D eigenvalue weighted by atomic mass is 10.1. The van der Waals surface area contributed by atoms with Crippen molar-refractivity contribution in [3.05, 3.63) is 35.4 Å². The van der Waals surface area contributed by atoms with Gasteiger partial charge in [0.05, 0.1) is 12.7 Å². The summed E-state index contributed by atoms with van der Waals surface area (Å²) in [6, 6.07) is 8.41. The number of rotatable bonds is 6. The molecule has 2 aliphatic rings. The molecule has 0 aromatic heterocycles. The van der Waals surface area contributed by atoms with Crippen LogP contribution in [-0.4, -0.2) is 42.9 Å². The Kier molecular flexibility index (Phi) is 3.87. The predicted octanol–water partition coefficient (Wildman–Crippen LogP) is 2.00. The zero-order valence-electron chi connectivity index (χ0n) is 11.6. The van der Waals surface area contributed by atoms with Crippen molar-refractivity contribution in [2.24, 2.45) is 5.92 Å². The smallest absolute Gasteiger partial charge is 0.0950 e. The molecule has 19 heavy (non-hydrogen) atoms. The molecule has 3 nitrogen and oxygen atoms in total. The van der Waals surface area contributed by atoms with E-state index in [1.807, 2.05) is 18.2 Å². The highest BCUT2D eigenvalue weighted by molar-refractivity contribution is 5.35. The molecule has 0 amide bonds. The minimum absolute atomic E-state index is 0.196. The van der Waals surface area contributed by atoms with E-state index in [9.17, 15) is 5.11 Å². The van der Waals surface area contributed by atoms with Crippen molar-refractivity contribution in [2.45, 2.75) is 31.4 Å². The highest BCUT2D eigenvalue weighted by Crippen LogP contribution is 2.33. The van der Waals surface area contributed by atoms with E-state index in [-0.39, 0.29) is 12.1 Å². The Bertz CT molecular complexity index is 431. The molecule has 1 aromatic rings. The van der Waals surface area contributed by atoms with Crippen molar-refractivity contribution < 1.29 is 9.84 Å². The summed E-state index contributed by atoms with van der Waals surface area (Å²) in [5.41, 5.74) is 2.38. The van der Waals surface area contributed by atoms with Gasteiger partial charge in [-0.3, -0.25) is 4.90 Å². The average molecular weight is 261 g/mol.